The zero-order chi connectivity index (χ0) is 25.7. The molecule has 1 heterocycles. The van der Waals surface area contributed by atoms with Crippen LogP contribution >= 0.6 is 0 Å². The Bertz CT molecular complexity index is 1280. The predicted molar refractivity (Wildman–Crippen MR) is 139 cm³/mol. The molecule has 0 aliphatic carbocycles. The Morgan fingerprint density at radius 2 is 1.78 bits per heavy atom. The fraction of sp³-hybridized carbons (Fsp3) is 0.267. The summed E-state index contributed by atoms with van der Waals surface area (Å²) in [4.78, 5) is 27.7. The van der Waals surface area contributed by atoms with Crippen LogP contribution in [0.5, 0.6) is 11.5 Å². The van der Waals surface area contributed by atoms with E-state index in [1.165, 1.54) is 0 Å². The van der Waals surface area contributed by atoms with Crippen molar-refractivity contribution in [2.24, 2.45) is 0 Å². The zero-order valence-electron chi connectivity index (χ0n) is 20.9. The van der Waals surface area contributed by atoms with E-state index in [0.29, 0.717) is 35.8 Å². The molecule has 186 valence electrons. The number of aliphatic hydroxyl groups excluding tert-OH is 1. The number of nitrogens with zero attached hydrogens (tertiary/aromatic N) is 1. The lowest BCUT2D eigenvalue weighted by Gasteiger charge is -2.25. The molecule has 0 saturated carbocycles. The fourth-order valence-electron chi connectivity index (χ4n) is 4.45. The van der Waals surface area contributed by atoms with Crippen LogP contribution in [0.3, 0.4) is 0 Å². The first-order chi connectivity index (χ1) is 17.4. The molecule has 1 unspecified atom stereocenters. The van der Waals surface area contributed by atoms with E-state index in [1.54, 1.807) is 42.3 Å². The Morgan fingerprint density at radius 1 is 1.00 bits per heavy atom. The van der Waals surface area contributed by atoms with E-state index in [-0.39, 0.29) is 11.3 Å². The van der Waals surface area contributed by atoms with Gasteiger partial charge in [-0.3, -0.25) is 9.59 Å². The number of aryl methyl sites for hydroxylation is 1. The van der Waals surface area contributed by atoms with E-state index in [2.05, 4.69) is 0 Å². The van der Waals surface area contributed by atoms with Gasteiger partial charge in [0, 0.05) is 12.1 Å². The second-order valence-corrected chi connectivity index (χ2v) is 8.88. The monoisotopic (exact) mass is 485 g/mol. The zero-order valence-corrected chi connectivity index (χ0v) is 20.9. The number of amides is 1. The summed E-state index contributed by atoms with van der Waals surface area (Å²) < 4.78 is 11.3. The normalized spacial score (nSPS) is 16.9. The van der Waals surface area contributed by atoms with Crippen molar-refractivity contribution in [1.29, 1.82) is 0 Å². The number of ketones is 1. The molecule has 1 fully saturated rings. The SMILES string of the molecule is CCCCN1C(=O)C(=O)/C(=C(\O)c2ccc(OCc3ccccc3)c(C)c2)C1c1cccc(OC)c1. The van der Waals surface area contributed by atoms with Crippen LogP contribution in [0.1, 0.15) is 48.1 Å². The number of unbranched alkanes of at least 4 members (excludes halogenated alkanes) is 1. The van der Waals surface area contributed by atoms with Gasteiger partial charge < -0.3 is 19.5 Å². The molecule has 6 heteroatoms. The summed E-state index contributed by atoms with van der Waals surface area (Å²) in [6, 6.07) is 21.7. The van der Waals surface area contributed by atoms with Gasteiger partial charge in [-0.05, 0) is 60.4 Å². The van der Waals surface area contributed by atoms with E-state index in [0.717, 1.165) is 24.0 Å². The van der Waals surface area contributed by atoms with Crippen molar-refractivity contribution in [3.8, 4) is 11.5 Å². The van der Waals surface area contributed by atoms with E-state index in [4.69, 9.17) is 9.47 Å². The van der Waals surface area contributed by atoms with Crippen LogP contribution in [0.25, 0.3) is 5.76 Å². The Kier molecular flexibility index (Phi) is 7.74. The van der Waals surface area contributed by atoms with Gasteiger partial charge in [0.15, 0.2) is 0 Å². The molecule has 1 aliphatic rings. The summed E-state index contributed by atoms with van der Waals surface area (Å²) in [5, 5.41) is 11.3. The van der Waals surface area contributed by atoms with Gasteiger partial charge in [0.2, 0.25) is 0 Å². The van der Waals surface area contributed by atoms with Crippen LogP contribution in [0.4, 0.5) is 0 Å². The maximum atomic E-state index is 13.2. The second kappa shape index (κ2) is 11.1. The van der Waals surface area contributed by atoms with E-state index in [1.807, 2.05) is 56.3 Å². The maximum absolute atomic E-state index is 13.2. The van der Waals surface area contributed by atoms with Crippen molar-refractivity contribution < 1.29 is 24.2 Å². The van der Waals surface area contributed by atoms with Crippen molar-refractivity contribution in [2.75, 3.05) is 13.7 Å². The van der Waals surface area contributed by atoms with Gasteiger partial charge in [0.05, 0.1) is 18.7 Å². The molecular weight excluding hydrogens is 454 g/mol. The lowest BCUT2D eigenvalue weighted by Crippen LogP contribution is -2.30. The van der Waals surface area contributed by atoms with Crippen LogP contribution in [0, 0.1) is 6.92 Å². The van der Waals surface area contributed by atoms with Crippen LogP contribution in [-0.2, 0) is 16.2 Å². The number of benzene rings is 3. The number of Topliss-reactive ketones (excluding diaryl/α,β-unsaturated/α-hetero) is 1. The highest BCUT2D eigenvalue weighted by Crippen LogP contribution is 2.40. The molecule has 3 aromatic rings. The average molecular weight is 486 g/mol. The molecule has 1 aliphatic heterocycles. The molecule has 3 aromatic carbocycles. The molecular formula is C30H31NO5. The molecule has 1 atom stereocenters. The van der Waals surface area contributed by atoms with Crippen molar-refractivity contribution in [3.05, 3.63) is 101 Å². The van der Waals surface area contributed by atoms with Gasteiger partial charge in [-0.25, -0.2) is 0 Å². The third-order valence-electron chi connectivity index (χ3n) is 6.39. The minimum absolute atomic E-state index is 0.0849. The number of carbonyl (C=O) groups is 2. The number of rotatable bonds is 9. The maximum Gasteiger partial charge on any atom is 0.295 e. The van der Waals surface area contributed by atoms with Crippen LogP contribution in [-0.4, -0.2) is 35.4 Å². The predicted octanol–water partition coefficient (Wildman–Crippen LogP) is 5.80. The number of likely N-dealkylation sites (tertiary alicyclic amines) is 1. The lowest BCUT2D eigenvalue weighted by atomic mass is 9.94. The first-order valence-electron chi connectivity index (χ1n) is 12.1. The molecule has 0 aromatic heterocycles. The number of hydrogen-bond acceptors (Lipinski definition) is 5. The number of carbonyl (C=O) groups excluding carboxylic acids is 2. The Hall–Kier alpha value is -4.06. The topological polar surface area (TPSA) is 76.1 Å². The summed E-state index contributed by atoms with van der Waals surface area (Å²) in [6.45, 7) is 4.76. The smallest absolute Gasteiger partial charge is 0.295 e. The van der Waals surface area contributed by atoms with Crippen molar-refractivity contribution in [1.82, 2.24) is 4.90 Å². The number of aliphatic hydroxyl groups is 1. The minimum Gasteiger partial charge on any atom is -0.507 e. The Labute approximate surface area is 211 Å². The van der Waals surface area contributed by atoms with Gasteiger partial charge in [0.25, 0.3) is 11.7 Å². The summed E-state index contributed by atoms with van der Waals surface area (Å²) in [5.41, 5.74) is 3.12. The van der Waals surface area contributed by atoms with Gasteiger partial charge in [0.1, 0.15) is 23.9 Å². The fourth-order valence-corrected chi connectivity index (χ4v) is 4.45. The minimum atomic E-state index is -0.694. The van der Waals surface area contributed by atoms with Crippen molar-refractivity contribution >= 4 is 17.4 Å². The number of ether oxygens (including phenoxy) is 2. The first kappa shape index (κ1) is 25.0. The van der Waals surface area contributed by atoms with E-state index in [9.17, 15) is 14.7 Å². The largest absolute Gasteiger partial charge is 0.507 e. The van der Waals surface area contributed by atoms with Crippen molar-refractivity contribution in [2.45, 2.75) is 39.3 Å². The molecule has 0 bridgehead atoms. The quantitative estimate of drug-likeness (QED) is 0.235. The second-order valence-electron chi connectivity index (χ2n) is 8.88. The Balaban J connectivity index is 1.71. The van der Waals surface area contributed by atoms with E-state index < -0.39 is 17.7 Å². The van der Waals surface area contributed by atoms with Crippen molar-refractivity contribution in [3.63, 3.8) is 0 Å². The van der Waals surface area contributed by atoms with Gasteiger partial charge in [-0.1, -0.05) is 55.8 Å². The summed E-state index contributed by atoms with van der Waals surface area (Å²) >= 11 is 0. The molecule has 0 spiro atoms. The third kappa shape index (κ3) is 5.13. The highest BCUT2D eigenvalue weighted by Gasteiger charge is 2.45. The molecule has 36 heavy (non-hydrogen) atoms. The summed E-state index contributed by atoms with van der Waals surface area (Å²) in [5.74, 6) is -0.179. The highest BCUT2D eigenvalue weighted by molar-refractivity contribution is 6.46. The molecule has 1 saturated heterocycles. The lowest BCUT2D eigenvalue weighted by molar-refractivity contribution is -0.139. The molecule has 6 nitrogen and oxygen atoms in total. The highest BCUT2D eigenvalue weighted by atomic mass is 16.5. The molecule has 1 amide bonds. The van der Waals surface area contributed by atoms with Gasteiger partial charge in [-0.15, -0.1) is 0 Å². The van der Waals surface area contributed by atoms with Crippen LogP contribution in [0.2, 0.25) is 0 Å². The molecule has 4 rings (SSSR count). The third-order valence-corrected chi connectivity index (χ3v) is 6.39. The number of hydrogen-bond donors (Lipinski definition) is 1. The summed E-state index contributed by atoms with van der Waals surface area (Å²) in [7, 11) is 1.57. The number of methoxy groups -OCH3 is 1. The molecule has 1 N–H and O–H groups in total. The van der Waals surface area contributed by atoms with Gasteiger partial charge in [-0.2, -0.15) is 0 Å². The first-order valence-corrected chi connectivity index (χ1v) is 12.1. The van der Waals surface area contributed by atoms with E-state index >= 15 is 0 Å². The summed E-state index contributed by atoms with van der Waals surface area (Å²) in [6.07, 6.45) is 1.62. The van der Waals surface area contributed by atoms with Crippen LogP contribution in [0.15, 0.2) is 78.4 Å². The van der Waals surface area contributed by atoms with Gasteiger partial charge >= 0.3 is 0 Å². The van der Waals surface area contributed by atoms with Crippen LogP contribution < -0.4 is 9.47 Å². The standard InChI is InChI=1S/C30H31NO5/c1-4-5-16-31-27(22-12-9-13-24(18-22)35-3)26(29(33)30(31)34)28(32)23-14-15-25(20(2)17-23)36-19-21-10-7-6-8-11-21/h6-15,17-18,27,32H,4-5,16,19H2,1-3H3/b28-26-. The Morgan fingerprint density at radius 3 is 2.47 bits per heavy atom. The molecule has 0 radical (unpaired) electrons. The average Bonchev–Trinajstić information content (AvgIpc) is 3.16.